The normalized spacial score (nSPS) is 13.1. The van der Waals surface area contributed by atoms with Gasteiger partial charge in [-0.3, -0.25) is 4.79 Å². The van der Waals surface area contributed by atoms with Crippen molar-refractivity contribution >= 4 is 18.3 Å². The first-order valence-electron chi connectivity index (χ1n) is 7.57. The Balaban J connectivity index is 0.00000208. The molecule has 0 saturated heterocycles. The molecule has 1 atom stereocenters. The van der Waals surface area contributed by atoms with Crippen molar-refractivity contribution in [2.24, 2.45) is 5.73 Å². The molecule has 0 aromatic heterocycles. The second-order valence-corrected chi connectivity index (χ2v) is 5.58. The minimum absolute atomic E-state index is 0. The second-order valence-electron chi connectivity index (χ2n) is 5.58. The lowest BCUT2D eigenvalue weighted by atomic mass is 9.97. The van der Waals surface area contributed by atoms with Crippen LogP contribution in [0.1, 0.15) is 17.0 Å². The van der Waals surface area contributed by atoms with E-state index < -0.39 is 0 Å². The molecule has 6 heteroatoms. The maximum absolute atomic E-state index is 12.7. The highest BCUT2D eigenvalue weighted by Crippen LogP contribution is 2.32. The summed E-state index contributed by atoms with van der Waals surface area (Å²) in [6, 6.07) is 15.4. The molecule has 1 aliphatic heterocycles. The van der Waals surface area contributed by atoms with E-state index in [1.54, 1.807) is 11.9 Å². The van der Waals surface area contributed by atoms with Gasteiger partial charge in [0.25, 0.3) is 0 Å². The molecule has 24 heavy (non-hydrogen) atoms. The first-order chi connectivity index (χ1) is 11.2. The highest BCUT2D eigenvalue weighted by molar-refractivity contribution is 5.85. The number of amides is 1. The lowest BCUT2D eigenvalue weighted by molar-refractivity contribution is -0.131. The van der Waals surface area contributed by atoms with Gasteiger partial charge in [0.05, 0.1) is 5.92 Å². The monoisotopic (exact) mass is 348 g/mol. The molecular weight excluding hydrogens is 328 g/mol. The summed E-state index contributed by atoms with van der Waals surface area (Å²) >= 11 is 0. The zero-order valence-electron chi connectivity index (χ0n) is 13.5. The van der Waals surface area contributed by atoms with Crippen LogP contribution in [0, 0.1) is 0 Å². The summed E-state index contributed by atoms with van der Waals surface area (Å²) in [7, 11) is 1.79. The molecule has 0 fully saturated rings. The van der Waals surface area contributed by atoms with Crippen molar-refractivity contribution in [2.75, 3.05) is 20.4 Å². The van der Waals surface area contributed by atoms with Crippen LogP contribution < -0.4 is 15.2 Å². The van der Waals surface area contributed by atoms with Crippen molar-refractivity contribution in [1.29, 1.82) is 0 Å². The second kappa shape index (κ2) is 8.04. The number of hydrogen-bond acceptors (Lipinski definition) is 4. The Hall–Kier alpha value is -2.24. The summed E-state index contributed by atoms with van der Waals surface area (Å²) in [6.07, 6.45) is 0. The minimum Gasteiger partial charge on any atom is -0.454 e. The summed E-state index contributed by atoms with van der Waals surface area (Å²) in [5, 5.41) is 0. The van der Waals surface area contributed by atoms with Crippen LogP contribution in [0.25, 0.3) is 0 Å². The molecular formula is C18H21ClN2O3. The summed E-state index contributed by atoms with van der Waals surface area (Å²) in [5.41, 5.74) is 7.76. The molecule has 0 spiro atoms. The van der Waals surface area contributed by atoms with Crippen LogP contribution in [-0.4, -0.2) is 31.2 Å². The number of nitrogens with zero attached hydrogens (tertiary/aromatic N) is 1. The Labute approximate surface area is 147 Å². The summed E-state index contributed by atoms with van der Waals surface area (Å²) in [5.74, 6) is 1.15. The van der Waals surface area contributed by atoms with Gasteiger partial charge in [0.15, 0.2) is 11.5 Å². The summed E-state index contributed by atoms with van der Waals surface area (Å²) in [4.78, 5) is 14.4. The maximum atomic E-state index is 12.7. The Morgan fingerprint density at radius 2 is 1.88 bits per heavy atom. The number of rotatable bonds is 5. The molecule has 1 heterocycles. The van der Waals surface area contributed by atoms with E-state index in [4.69, 9.17) is 15.2 Å². The van der Waals surface area contributed by atoms with Gasteiger partial charge in [0.1, 0.15) is 0 Å². The average molecular weight is 349 g/mol. The molecule has 0 radical (unpaired) electrons. The third-order valence-corrected chi connectivity index (χ3v) is 3.97. The van der Waals surface area contributed by atoms with Crippen molar-refractivity contribution in [3.8, 4) is 11.5 Å². The van der Waals surface area contributed by atoms with Crippen LogP contribution in [0.15, 0.2) is 48.5 Å². The molecule has 0 saturated carbocycles. The lowest BCUT2D eigenvalue weighted by Gasteiger charge is -2.23. The zero-order chi connectivity index (χ0) is 16.2. The lowest BCUT2D eigenvalue weighted by Crippen LogP contribution is -2.34. The van der Waals surface area contributed by atoms with Gasteiger partial charge in [-0.2, -0.15) is 0 Å². The molecule has 2 aromatic rings. The molecule has 0 bridgehead atoms. The van der Waals surface area contributed by atoms with Gasteiger partial charge >= 0.3 is 0 Å². The van der Waals surface area contributed by atoms with Crippen LogP contribution in [0.4, 0.5) is 0 Å². The number of ether oxygens (including phenoxy) is 2. The number of halogens is 1. The van der Waals surface area contributed by atoms with E-state index in [9.17, 15) is 4.79 Å². The Bertz CT molecular complexity index is 694. The molecule has 2 N–H and O–H groups in total. The molecule has 128 valence electrons. The standard InChI is InChI=1S/C18H20N2O3.ClH/c1-20(11-13-7-8-16-17(9-13)23-12-22-16)18(21)15(10-19)14-5-3-2-4-6-14;/h2-9,15H,10-12,19H2,1H3;1H. The van der Waals surface area contributed by atoms with E-state index in [-0.39, 0.29) is 37.6 Å². The van der Waals surface area contributed by atoms with E-state index in [1.165, 1.54) is 0 Å². The highest BCUT2D eigenvalue weighted by Gasteiger charge is 2.23. The van der Waals surface area contributed by atoms with E-state index in [2.05, 4.69) is 0 Å². The molecule has 0 aliphatic carbocycles. The molecule has 1 aliphatic rings. The maximum Gasteiger partial charge on any atom is 0.231 e. The van der Waals surface area contributed by atoms with Crippen molar-refractivity contribution in [2.45, 2.75) is 12.5 Å². The van der Waals surface area contributed by atoms with Gasteiger partial charge < -0.3 is 20.1 Å². The van der Waals surface area contributed by atoms with Gasteiger partial charge in [-0.25, -0.2) is 0 Å². The van der Waals surface area contributed by atoms with Crippen molar-refractivity contribution in [1.82, 2.24) is 4.90 Å². The average Bonchev–Trinajstić information content (AvgIpc) is 3.04. The van der Waals surface area contributed by atoms with E-state index in [0.717, 1.165) is 22.6 Å². The van der Waals surface area contributed by atoms with Crippen molar-refractivity contribution in [3.63, 3.8) is 0 Å². The van der Waals surface area contributed by atoms with Crippen LogP contribution in [-0.2, 0) is 11.3 Å². The van der Waals surface area contributed by atoms with Crippen LogP contribution >= 0.6 is 12.4 Å². The third kappa shape index (κ3) is 3.80. The van der Waals surface area contributed by atoms with Gasteiger partial charge in [-0.05, 0) is 23.3 Å². The molecule has 1 amide bonds. The van der Waals surface area contributed by atoms with Crippen molar-refractivity contribution < 1.29 is 14.3 Å². The number of fused-ring (bicyclic) bond motifs is 1. The first-order valence-corrected chi connectivity index (χ1v) is 7.57. The number of nitrogens with two attached hydrogens (primary N) is 1. The van der Waals surface area contributed by atoms with Gasteiger partial charge in [0, 0.05) is 20.1 Å². The Morgan fingerprint density at radius 1 is 1.17 bits per heavy atom. The van der Waals surface area contributed by atoms with E-state index >= 15 is 0 Å². The topological polar surface area (TPSA) is 64.8 Å². The third-order valence-electron chi connectivity index (χ3n) is 3.97. The van der Waals surface area contributed by atoms with E-state index in [0.29, 0.717) is 6.54 Å². The number of carbonyl (C=O) groups is 1. The molecule has 5 nitrogen and oxygen atoms in total. The van der Waals surface area contributed by atoms with Gasteiger partial charge in [-0.15, -0.1) is 12.4 Å². The predicted molar refractivity (Wildman–Crippen MR) is 94.5 cm³/mol. The zero-order valence-corrected chi connectivity index (χ0v) is 14.3. The van der Waals surface area contributed by atoms with Crippen molar-refractivity contribution in [3.05, 3.63) is 59.7 Å². The quantitative estimate of drug-likeness (QED) is 0.901. The smallest absolute Gasteiger partial charge is 0.231 e. The fourth-order valence-electron chi connectivity index (χ4n) is 2.72. The molecule has 3 rings (SSSR count). The van der Waals surface area contributed by atoms with Crippen LogP contribution in [0.5, 0.6) is 11.5 Å². The number of hydrogen-bond donors (Lipinski definition) is 1. The van der Waals surface area contributed by atoms with Crippen LogP contribution in [0.3, 0.4) is 0 Å². The SMILES string of the molecule is CN(Cc1ccc2c(c1)OCO2)C(=O)C(CN)c1ccccc1.Cl. The Kier molecular flexibility index (Phi) is 6.06. The first kappa shape index (κ1) is 18.1. The fourth-order valence-corrected chi connectivity index (χ4v) is 2.72. The molecule has 2 aromatic carbocycles. The van der Waals surface area contributed by atoms with Gasteiger partial charge in [0.2, 0.25) is 12.7 Å². The number of carbonyl (C=O) groups excluding carboxylic acids is 1. The van der Waals surface area contributed by atoms with Crippen LogP contribution in [0.2, 0.25) is 0 Å². The predicted octanol–water partition coefficient (Wildman–Crippen LogP) is 2.54. The van der Waals surface area contributed by atoms with E-state index in [1.807, 2.05) is 48.5 Å². The summed E-state index contributed by atoms with van der Waals surface area (Å²) < 4.78 is 10.7. The fraction of sp³-hybridized carbons (Fsp3) is 0.278. The largest absolute Gasteiger partial charge is 0.454 e. The summed E-state index contributed by atoms with van der Waals surface area (Å²) in [6.45, 7) is 1.03. The molecule has 1 unspecified atom stereocenters. The number of likely N-dealkylation sites (N-methyl/N-ethyl adjacent to an activating group) is 1. The highest BCUT2D eigenvalue weighted by atomic mass is 35.5. The minimum atomic E-state index is -0.324. The van der Waals surface area contributed by atoms with Gasteiger partial charge in [-0.1, -0.05) is 36.4 Å². The number of benzene rings is 2. The Morgan fingerprint density at radius 3 is 2.58 bits per heavy atom.